The Morgan fingerprint density at radius 2 is 1.71 bits per heavy atom. The standard InChI is InChI=1S/C19H26N4O/c1-13(2)24-17-10-8-16(9-11-17)23-19-12-18(20-14(3)21-19)22-15-6-4-5-7-15/h8-13,15H,4-7H2,1-3H3,(H2,20,21,22,23). The summed E-state index contributed by atoms with van der Waals surface area (Å²) in [5.41, 5.74) is 0.982. The first kappa shape index (κ1) is 16.6. The van der Waals surface area contributed by atoms with E-state index < -0.39 is 0 Å². The maximum atomic E-state index is 5.67. The molecule has 0 saturated heterocycles. The van der Waals surface area contributed by atoms with E-state index in [0.717, 1.165) is 28.9 Å². The van der Waals surface area contributed by atoms with Gasteiger partial charge in [0, 0.05) is 17.8 Å². The van der Waals surface area contributed by atoms with Crippen LogP contribution in [0.2, 0.25) is 0 Å². The molecule has 1 saturated carbocycles. The molecule has 0 aliphatic heterocycles. The number of hydrogen-bond acceptors (Lipinski definition) is 5. The smallest absolute Gasteiger partial charge is 0.136 e. The van der Waals surface area contributed by atoms with Crippen molar-refractivity contribution in [1.29, 1.82) is 0 Å². The van der Waals surface area contributed by atoms with Crippen molar-refractivity contribution in [2.75, 3.05) is 10.6 Å². The van der Waals surface area contributed by atoms with Gasteiger partial charge in [0.2, 0.25) is 0 Å². The van der Waals surface area contributed by atoms with Crippen LogP contribution in [0.15, 0.2) is 30.3 Å². The minimum Gasteiger partial charge on any atom is -0.491 e. The lowest BCUT2D eigenvalue weighted by molar-refractivity contribution is 0.242. The molecule has 2 N–H and O–H groups in total. The third-order valence-corrected chi connectivity index (χ3v) is 4.04. The predicted molar refractivity (Wildman–Crippen MR) is 98.1 cm³/mol. The first-order valence-electron chi connectivity index (χ1n) is 8.74. The van der Waals surface area contributed by atoms with Crippen molar-refractivity contribution in [1.82, 2.24) is 9.97 Å². The van der Waals surface area contributed by atoms with Crippen LogP contribution in [0.4, 0.5) is 17.3 Å². The number of aryl methyl sites for hydroxylation is 1. The molecule has 5 heteroatoms. The molecule has 0 atom stereocenters. The Balaban J connectivity index is 1.68. The monoisotopic (exact) mass is 326 g/mol. The Bertz CT molecular complexity index is 664. The summed E-state index contributed by atoms with van der Waals surface area (Å²) in [5, 5.41) is 6.87. The van der Waals surface area contributed by atoms with Crippen LogP contribution in [0.1, 0.15) is 45.4 Å². The molecular weight excluding hydrogens is 300 g/mol. The maximum absolute atomic E-state index is 5.67. The number of benzene rings is 1. The summed E-state index contributed by atoms with van der Waals surface area (Å²) in [6, 6.07) is 10.4. The molecule has 3 rings (SSSR count). The minimum absolute atomic E-state index is 0.178. The highest BCUT2D eigenvalue weighted by Crippen LogP contribution is 2.24. The lowest BCUT2D eigenvalue weighted by Crippen LogP contribution is -2.16. The van der Waals surface area contributed by atoms with Crippen LogP contribution in [-0.4, -0.2) is 22.1 Å². The van der Waals surface area contributed by atoms with Crippen molar-refractivity contribution in [2.24, 2.45) is 0 Å². The number of nitrogens with zero attached hydrogens (tertiary/aromatic N) is 2. The first-order valence-corrected chi connectivity index (χ1v) is 8.74. The first-order chi connectivity index (χ1) is 11.6. The van der Waals surface area contributed by atoms with Crippen molar-refractivity contribution in [3.8, 4) is 5.75 Å². The molecule has 24 heavy (non-hydrogen) atoms. The molecule has 0 amide bonds. The maximum Gasteiger partial charge on any atom is 0.136 e. The van der Waals surface area contributed by atoms with Crippen molar-refractivity contribution in [3.63, 3.8) is 0 Å². The number of anilines is 3. The van der Waals surface area contributed by atoms with Gasteiger partial charge in [-0.1, -0.05) is 12.8 Å². The van der Waals surface area contributed by atoms with E-state index >= 15 is 0 Å². The van der Waals surface area contributed by atoms with E-state index in [2.05, 4.69) is 20.6 Å². The summed E-state index contributed by atoms with van der Waals surface area (Å²) in [6.07, 6.45) is 5.24. The molecule has 0 unspecified atom stereocenters. The quantitative estimate of drug-likeness (QED) is 0.808. The highest BCUT2D eigenvalue weighted by Gasteiger charge is 2.15. The van der Waals surface area contributed by atoms with Crippen LogP contribution < -0.4 is 15.4 Å². The average molecular weight is 326 g/mol. The molecule has 1 heterocycles. The summed E-state index contributed by atoms with van der Waals surface area (Å²) in [5.74, 6) is 3.34. The zero-order valence-electron chi connectivity index (χ0n) is 14.7. The van der Waals surface area contributed by atoms with Gasteiger partial charge in [-0.2, -0.15) is 0 Å². The molecule has 0 bridgehead atoms. The van der Waals surface area contributed by atoms with Gasteiger partial charge < -0.3 is 15.4 Å². The van der Waals surface area contributed by atoms with Gasteiger partial charge in [-0.3, -0.25) is 0 Å². The predicted octanol–water partition coefficient (Wildman–Crippen LogP) is 4.67. The third kappa shape index (κ3) is 4.60. The van der Waals surface area contributed by atoms with Gasteiger partial charge in [0.15, 0.2) is 0 Å². The third-order valence-electron chi connectivity index (χ3n) is 4.04. The van der Waals surface area contributed by atoms with Crippen LogP contribution >= 0.6 is 0 Å². The number of rotatable bonds is 6. The summed E-state index contributed by atoms with van der Waals surface area (Å²) in [4.78, 5) is 8.98. The summed E-state index contributed by atoms with van der Waals surface area (Å²) >= 11 is 0. The second kappa shape index (κ2) is 7.51. The SMILES string of the molecule is Cc1nc(Nc2ccc(OC(C)C)cc2)cc(NC2CCCC2)n1. The van der Waals surface area contributed by atoms with Gasteiger partial charge in [0.1, 0.15) is 23.2 Å². The molecule has 128 valence electrons. The van der Waals surface area contributed by atoms with E-state index in [1.165, 1.54) is 25.7 Å². The van der Waals surface area contributed by atoms with Gasteiger partial charge in [0.05, 0.1) is 6.10 Å². The molecule has 0 spiro atoms. The van der Waals surface area contributed by atoms with Gasteiger partial charge in [0.25, 0.3) is 0 Å². The number of aromatic nitrogens is 2. The van der Waals surface area contributed by atoms with Crippen molar-refractivity contribution in [3.05, 3.63) is 36.2 Å². The fourth-order valence-corrected chi connectivity index (χ4v) is 3.02. The second-order valence-electron chi connectivity index (χ2n) is 6.63. The topological polar surface area (TPSA) is 59.1 Å². The summed E-state index contributed by atoms with van der Waals surface area (Å²) < 4.78 is 5.67. The lowest BCUT2D eigenvalue weighted by atomic mass is 10.2. The van der Waals surface area contributed by atoms with Crippen LogP contribution in [-0.2, 0) is 0 Å². The van der Waals surface area contributed by atoms with E-state index in [1.807, 2.05) is 51.1 Å². The zero-order valence-corrected chi connectivity index (χ0v) is 14.7. The van der Waals surface area contributed by atoms with E-state index in [1.54, 1.807) is 0 Å². The molecule has 2 aromatic rings. The second-order valence-corrected chi connectivity index (χ2v) is 6.63. The van der Waals surface area contributed by atoms with Gasteiger partial charge in [-0.05, 0) is 57.9 Å². The van der Waals surface area contributed by atoms with Crippen molar-refractivity contribution >= 4 is 17.3 Å². The van der Waals surface area contributed by atoms with Crippen molar-refractivity contribution in [2.45, 2.75) is 58.6 Å². The normalized spacial score (nSPS) is 14.8. The van der Waals surface area contributed by atoms with Crippen LogP contribution in [0.3, 0.4) is 0 Å². The van der Waals surface area contributed by atoms with Gasteiger partial charge in [-0.15, -0.1) is 0 Å². The van der Waals surface area contributed by atoms with Crippen LogP contribution in [0.25, 0.3) is 0 Å². The Morgan fingerprint density at radius 3 is 2.38 bits per heavy atom. The number of nitrogens with one attached hydrogen (secondary N) is 2. The highest BCUT2D eigenvalue weighted by atomic mass is 16.5. The fraction of sp³-hybridized carbons (Fsp3) is 0.474. The van der Waals surface area contributed by atoms with Gasteiger partial charge >= 0.3 is 0 Å². The molecule has 5 nitrogen and oxygen atoms in total. The van der Waals surface area contributed by atoms with E-state index in [9.17, 15) is 0 Å². The Hall–Kier alpha value is -2.30. The van der Waals surface area contributed by atoms with E-state index in [-0.39, 0.29) is 6.10 Å². The fourth-order valence-electron chi connectivity index (χ4n) is 3.02. The molecule has 1 aliphatic rings. The molecule has 1 fully saturated rings. The van der Waals surface area contributed by atoms with E-state index in [4.69, 9.17) is 4.74 Å². The summed E-state index contributed by atoms with van der Waals surface area (Å²) in [7, 11) is 0. The van der Waals surface area contributed by atoms with Crippen LogP contribution in [0.5, 0.6) is 5.75 Å². The van der Waals surface area contributed by atoms with Crippen LogP contribution in [0, 0.1) is 6.92 Å². The Labute approximate surface area is 143 Å². The molecule has 1 aliphatic carbocycles. The van der Waals surface area contributed by atoms with E-state index in [0.29, 0.717) is 6.04 Å². The Kier molecular flexibility index (Phi) is 5.18. The molecule has 1 aromatic heterocycles. The average Bonchev–Trinajstić information content (AvgIpc) is 3.01. The molecule has 0 radical (unpaired) electrons. The van der Waals surface area contributed by atoms with Crippen molar-refractivity contribution < 1.29 is 4.74 Å². The van der Waals surface area contributed by atoms with Gasteiger partial charge in [-0.25, -0.2) is 9.97 Å². The highest BCUT2D eigenvalue weighted by molar-refractivity contribution is 5.60. The largest absolute Gasteiger partial charge is 0.491 e. The molecular formula is C19H26N4O. The molecule has 1 aromatic carbocycles. The minimum atomic E-state index is 0.178. The Morgan fingerprint density at radius 1 is 1.04 bits per heavy atom. The zero-order chi connectivity index (χ0) is 16.9. The number of hydrogen-bond donors (Lipinski definition) is 2. The summed E-state index contributed by atoms with van der Waals surface area (Å²) in [6.45, 7) is 5.97. The number of ether oxygens (including phenoxy) is 1. The lowest BCUT2D eigenvalue weighted by Gasteiger charge is -2.15.